The number of ketones is 1. The number of rotatable bonds is 3. The Labute approximate surface area is 155 Å². The summed E-state index contributed by atoms with van der Waals surface area (Å²) in [5, 5.41) is 6.49. The zero-order chi connectivity index (χ0) is 19.0. The first-order chi connectivity index (χ1) is 13.0. The first-order valence-corrected chi connectivity index (χ1v) is 8.93. The Bertz CT molecular complexity index is 886. The lowest BCUT2D eigenvalue weighted by molar-refractivity contribution is -0.127. The van der Waals surface area contributed by atoms with E-state index in [1.54, 1.807) is 22.2 Å². The quantitative estimate of drug-likeness (QED) is 0.811. The largest absolute Gasteiger partial charge is 0.337 e. The maximum absolute atomic E-state index is 13.0. The van der Waals surface area contributed by atoms with Crippen LogP contribution in [0.4, 0.5) is 5.69 Å². The van der Waals surface area contributed by atoms with Crippen molar-refractivity contribution < 1.29 is 14.4 Å². The summed E-state index contributed by atoms with van der Waals surface area (Å²) in [4.78, 5) is 48.4. The first-order valence-electron chi connectivity index (χ1n) is 8.93. The van der Waals surface area contributed by atoms with Crippen molar-refractivity contribution in [3.8, 4) is 0 Å². The average Bonchev–Trinajstić information content (AvgIpc) is 3.30. The van der Waals surface area contributed by atoms with Crippen LogP contribution in [-0.2, 0) is 4.79 Å². The van der Waals surface area contributed by atoms with Crippen LogP contribution in [0.5, 0.6) is 0 Å². The summed E-state index contributed by atoms with van der Waals surface area (Å²) in [6.45, 7) is 3.04. The fraction of sp³-hybridized carbons (Fsp3) is 0.444. The Hall–Kier alpha value is -3.10. The molecular formula is C18H20N6O3. The maximum atomic E-state index is 13.0. The molecule has 1 N–H and O–H groups in total. The van der Waals surface area contributed by atoms with Gasteiger partial charge in [0, 0.05) is 26.6 Å². The molecule has 9 nitrogen and oxygen atoms in total. The Morgan fingerprint density at radius 1 is 1.11 bits per heavy atom. The second kappa shape index (κ2) is 6.57. The molecule has 0 aromatic carbocycles. The second-order valence-electron chi connectivity index (χ2n) is 7.10. The Kier molecular flexibility index (Phi) is 4.21. The third-order valence-electron chi connectivity index (χ3n) is 5.55. The van der Waals surface area contributed by atoms with E-state index in [1.807, 2.05) is 0 Å². The maximum Gasteiger partial charge on any atom is 0.271 e. The smallest absolute Gasteiger partial charge is 0.271 e. The highest BCUT2D eigenvalue weighted by Gasteiger charge is 2.49. The molecule has 2 aromatic rings. The van der Waals surface area contributed by atoms with E-state index in [0.717, 1.165) is 6.42 Å². The number of carbonyl (C=O) groups is 3. The lowest BCUT2D eigenvalue weighted by Gasteiger charge is -2.37. The summed E-state index contributed by atoms with van der Waals surface area (Å²) >= 11 is 0. The van der Waals surface area contributed by atoms with E-state index >= 15 is 0 Å². The number of hydrogen-bond donors (Lipinski definition) is 1. The first kappa shape index (κ1) is 17.3. The summed E-state index contributed by atoms with van der Waals surface area (Å²) in [6.07, 6.45) is 6.74. The molecule has 0 atom stereocenters. The molecule has 2 saturated heterocycles. The molecule has 9 heteroatoms. The number of anilines is 1. The third-order valence-corrected chi connectivity index (χ3v) is 5.55. The number of H-pyrrole nitrogens is 1. The molecule has 27 heavy (non-hydrogen) atoms. The number of likely N-dealkylation sites (tertiary alicyclic amines) is 1. The molecule has 1 spiro atoms. The molecule has 0 aliphatic carbocycles. The van der Waals surface area contributed by atoms with Crippen molar-refractivity contribution in [2.45, 2.75) is 26.2 Å². The van der Waals surface area contributed by atoms with E-state index in [2.05, 4.69) is 20.2 Å². The van der Waals surface area contributed by atoms with Crippen LogP contribution in [0.25, 0.3) is 0 Å². The number of piperidine rings is 1. The van der Waals surface area contributed by atoms with Gasteiger partial charge in [-0.05, 0) is 25.3 Å². The number of hydrogen-bond acceptors (Lipinski definition) is 6. The molecule has 0 radical (unpaired) electrons. The number of aromatic amines is 1. The number of aromatic nitrogens is 4. The Morgan fingerprint density at radius 2 is 1.78 bits per heavy atom. The Morgan fingerprint density at radius 3 is 2.41 bits per heavy atom. The summed E-state index contributed by atoms with van der Waals surface area (Å²) in [5.74, 6) is -0.294. The molecule has 4 heterocycles. The standard InChI is InChI=1S/C18H20N6O3/c1-12(25)14-8-15(22-21-14)16(26)23-5-2-18(3-6-23)4-7-24(17(18)27)13-9-19-11-20-10-13/h8-11H,2-7H2,1H3,(H,21,22). The van der Waals surface area contributed by atoms with E-state index in [9.17, 15) is 14.4 Å². The third kappa shape index (κ3) is 2.98. The number of nitrogens with one attached hydrogen (secondary N) is 1. The lowest BCUT2D eigenvalue weighted by atomic mass is 9.77. The van der Waals surface area contributed by atoms with Gasteiger partial charge in [0.05, 0.1) is 23.5 Å². The van der Waals surface area contributed by atoms with Crippen molar-refractivity contribution in [2.75, 3.05) is 24.5 Å². The minimum atomic E-state index is -0.425. The van der Waals surface area contributed by atoms with Crippen molar-refractivity contribution in [3.63, 3.8) is 0 Å². The Balaban J connectivity index is 1.43. The van der Waals surface area contributed by atoms with Crippen molar-refractivity contribution >= 4 is 23.3 Å². The van der Waals surface area contributed by atoms with Crippen LogP contribution >= 0.6 is 0 Å². The average molecular weight is 368 g/mol. The number of amides is 2. The van der Waals surface area contributed by atoms with Crippen LogP contribution in [0.3, 0.4) is 0 Å². The van der Waals surface area contributed by atoms with Gasteiger partial charge in [-0.1, -0.05) is 0 Å². The second-order valence-corrected chi connectivity index (χ2v) is 7.10. The summed E-state index contributed by atoms with van der Waals surface area (Å²) in [5.41, 5.74) is 0.841. The SMILES string of the molecule is CC(=O)c1cc(C(=O)N2CCC3(CC2)CCN(c2cncnc2)C3=O)[nH]n1. The lowest BCUT2D eigenvalue weighted by Crippen LogP contribution is -2.46. The van der Waals surface area contributed by atoms with Gasteiger partial charge in [0.2, 0.25) is 5.91 Å². The van der Waals surface area contributed by atoms with E-state index in [4.69, 9.17) is 0 Å². The van der Waals surface area contributed by atoms with Gasteiger partial charge in [-0.15, -0.1) is 0 Å². The van der Waals surface area contributed by atoms with Crippen LogP contribution < -0.4 is 4.90 Å². The normalized spacial score (nSPS) is 18.9. The van der Waals surface area contributed by atoms with Crippen molar-refractivity contribution in [3.05, 3.63) is 36.2 Å². The van der Waals surface area contributed by atoms with Crippen LogP contribution in [0.2, 0.25) is 0 Å². The van der Waals surface area contributed by atoms with Gasteiger partial charge < -0.3 is 9.80 Å². The molecular weight excluding hydrogens is 348 g/mol. The summed E-state index contributed by atoms with van der Waals surface area (Å²) in [7, 11) is 0. The van der Waals surface area contributed by atoms with Gasteiger partial charge in [-0.3, -0.25) is 19.5 Å². The van der Waals surface area contributed by atoms with Crippen molar-refractivity contribution in [1.29, 1.82) is 0 Å². The van der Waals surface area contributed by atoms with Crippen molar-refractivity contribution in [2.24, 2.45) is 5.41 Å². The van der Waals surface area contributed by atoms with E-state index in [0.29, 0.717) is 43.9 Å². The molecule has 2 fully saturated rings. The molecule has 2 aliphatic rings. The van der Waals surface area contributed by atoms with E-state index in [1.165, 1.54) is 19.3 Å². The molecule has 2 amide bonds. The molecule has 0 unspecified atom stereocenters. The summed E-state index contributed by atoms with van der Waals surface area (Å²) in [6, 6.07) is 1.48. The van der Waals surface area contributed by atoms with Gasteiger partial charge in [0.15, 0.2) is 5.78 Å². The highest BCUT2D eigenvalue weighted by atomic mass is 16.2. The zero-order valence-corrected chi connectivity index (χ0v) is 15.0. The monoisotopic (exact) mass is 368 g/mol. The molecule has 2 aromatic heterocycles. The van der Waals surface area contributed by atoms with E-state index < -0.39 is 5.41 Å². The molecule has 2 aliphatic heterocycles. The fourth-order valence-corrected chi connectivity index (χ4v) is 3.88. The van der Waals surface area contributed by atoms with Crippen LogP contribution in [0.15, 0.2) is 24.8 Å². The van der Waals surface area contributed by atoms with Crippen LogP contribution in [0.1, 0.15) is 47.2 Å². The van der Waals surface area contributed by atoms with Crippen molar-refractivity contribution in [1.82, 2.24) is 25.1 Å². The van der Waals surface area contributed by atoms with Crippen LogP contribution in [0, 0.1) is 5.41 Å². The highest BCUT2D eigenvalue weighted by molar-refractivity contribution is 6.00. The molecule has 4 rings (SSSR count). The van der Waals surface area contributed by atoms with Gasteiger partial charge in [0.25, 0.3) is 5.91 Å². The molecule has 140 valence electrons. The van der Waals surface area contributed by atoms with Gasteiger partial charge in [-0.25, -0.2) is 9.97 Å². The number of carbonyl (C=O) groups excluding carboxylic acids is 3. The highest BCUT2D eigenvalue weighted by Crippen LogP contribution is 2.43. The minimum absolute atomic E-state index is 0.0878. The topological polar surface area (TPSA) is 112 Å². The predicted octanol–water partition coefficient (Wildman–Crippen LogP) is 1.06. The number of Topliss-reactive ketones (excluding diaryl/α,β-unsaturated/α-hetero) is 1. The predicted molar refractivity (Wildman–Crippen MR) is 95.2 cm³/mol. The summed E-state index contributed by atoms with van der Waals surface area (Å²) < 4.78 is 0. The zero-order valence-electron chi connectivity index (χ0n) is 15.0. The molecule has 0 bridgehead atoms. The van der Waals surface area contributed by atoms with E-state index in [-0.39, 0.29) is 23.3 Å². The number of nitrogens with zero attached hydrogens (tertiary/aromatic N) is 5. The van der Waals surface area contributed by atoms with Crippen LogP contribution in [-0.4, -0.2) is 62.3 Å². The van der Waals surface area contributed by atoms with Gasteiger partial charge >= 0.3 is 0 Å². The minimum Gasteiger partial charge on any atom is -0.337 e. The molecule has 0 saturated carbocycles. The van der Waals surface area contributed by atoms with Gasteiger partial charge in [0.1, 0.15) is 17.7 Å². The van der Waals surface area contributed by atoms with Gasteiger partial charge in [-0.2, -0.15) is 5.10 Å². The fourth-order valence-electron chi connectivity index (χ4n) is 3.88.